The van der Waals surface area contributed by atoms with Crippen LogP contribution in [0.1, 0.15) is 57.3 Å². The minimum absolute atomic E-state index is 0.345. The predicted octanol–water partition coefficient (Wildman–Crippen LogP) is 2.34. The zero-order valence-electron chi connectivity index (χ0n) is 12.1. The summed E-state index contributed by atoms with van der Waals surface area (Å²) in [6, 6.07) is 1.57. The van der Waals surface area contributed by atoms with Crippen LogP contribution in [0.4, 0.5) is 0 Å². The Bertz CT molecular complexity index is 418. The van der Waals surface area contributed by atoms with E-state index in [4.69, 9.17) is 5.73 Å². The van der Waals surface area contributed by atoms with E-state index in [9.17, 15) is 0 Å². The highest BCUT2D eigenvalue weighted by atomic mass is 15.2. The first-order valence-electron chi connectivity index (χ1n) is 7.68. The van der Waals surface area contributed by atoms with Crippen LogP contribution in [0.5, 0.6) is 0 Å². The van der Waals surface area contributed by atoms with Crippen LogP contribution >= 0.6 is 0 Å². The zero-order chi connectivity index (χ0) is 13.4. The Morgan fingerprint density at radius 2 is 2.11 bits per heavy atom. The summed E-state index contributed by atoms with van der Waals surface area (Å²) in [5, 5.41) is 0. The Morgan fingerprint density at radius 3 is 2.63 bits per heavy atom. The molecule has 0 bridgehead atoms. The lowest BCUT2D eigenvalue weighted by Crippen LogP contribution is -2.38. The molecule has 2 fully saturated rings. The molecule has 2 N–H and O–H groups in total. The Kier molecular flexibility index (Phi) is 3.63. The third-order valence-corrected chi connectivity index (χ3v) is 4.40. The van der Waals surface area contributed by atoms with Crippen molar-refractivity contribution in [3.8, 4) is 0 Å². The first-order chi connectivity index (χ1) is 9.20. The summed E-state index contributed by atoms with van der Waals surface area (Å²) in [4.78, 5) is 7.01. The molecule has 1 unspecified atom stereocenters. The second kappa shape index (κ2) is 5.25. The number of nitrogens with two attached hydrogens (primary N) is 1. The van der Waals surface area contributed by atoms with Gasteiger partial charge in [-0.15, -0.1) is 0 Å². The molecular formula is C15H26N4. The number of rotatable bonds is 7. The minimum Gasteiger partial charge on any atom is -0.331 e. The smallest absolute Gasteiger partial charge is 0.0951 e. The summed E-state index contributed by atoms with van der Waals surface area (Å²) in [5.41, 5.74) is 7.41. The molecule has 2 saturated carbocycles. The first kappa shape index (κ1) is 13.1. The van der Waals surface area contributed by atoms with Crippen molar-refractivity contribution in [1.82, 2.24) is 14.5 Å². The van der Waals surface area contributed by atoms with Gasteiger partial charge in [0.05, 0.1) is 18.1 Å². The number of aromatic nitrogens is 2. The Labute approximate surface area is 116 Å². The second-order valence-corrected chi connectivity index (χ2v) is 6.44. The van der Waals surface area contributed by atoms with Gasteiger partial charge in [-0.05, 0) is 45.4 Å². The fourth-order valence-corrected chi connectivity index (χ4v) is 2.97. The molecule has 1 atom stereocenters. The average Bonchev–Trinajstić information content (AvgIpc) is 3.28. The fourth-order valence-electron chi connectivity index (χ4n) is 2.97. The SMILES string of the molecule is CC(C)n1cncc1C(CN)N(CC1CC1)C1CC1. The van der Waals surface area contributed by atoms with E-state index in [1.807, 2.05) is 12.5 Å². The molecule has 0 radical (unpaired) electrons. The first-order valence-corrected chi connectivity index (χ1v) is 7.68. The summed E-state index contributed by atoms with van der Waals surface area (Å²) in [5.74, 6) is 0.921. The molecule has 4 nitrogen and oxygen atoms in total. The summed E-state index contributed by atoms with van der Waals surface area (Å²) in [7, 11) is 0. The molecule has 1 aromatic rings. The second-order valence-electron chi connectivity index (χ2n) is 6.44. The maximum absolute atomic E-state index is 6.11. The van der Waals surface area contributed by atoms with Gasteiger partial charge in [0.25, 0.3) is 0 Å². The van der Waals surface area contributed by atoms with Crippen LogP contribution < -0.4 is 5.73 Å². The van der Waals surface area contributed by atoms with Crippen molar-refractivity contribution >= 4 is 0 Å². The quantitative estimate of drug-likeness (QED) is 0.820. The lowest BCUT2D eigenvalue weighted by atomic mass is 10.1. The predicted molar refractivity (Wildman–Crippen MR) is 76.9 cm³/mol. The molecule has 0 aromatic carbocycles. The van der Waals surface area contributed by atoms with Crippen LogP contribution in [0.3, 0.4) is 0 Å². The molecule has 0 amide bonds. The van der Waals surface area contributed by atoms with Crippen LogP contribution in [0.15, 0.2) is 12.5 Å². The maximum atomic E-state index is 6.11. The van der Waals surface area contributed by atoms with Gasteiger partial charge in [0.15, 0.2) is 0 Å². The molecule has 19 heavy (non-hydrogen) atoms. The fraction of sp³-hybridized carbons (Fsp3) is 0.800. The molecule has 0 aliphatic heterocycles. The molecular weight excluding hydrogens is 236 g/mol. The van der Waals surface area contributed by atoms with Crippen LogP contribution in [0.25, 0.3) is 0 Å². The Balaban J connectivity index is 1.82. The van der Waals surface area contributed by atoms with Crippen molar-refractivity contribution in [2.24, 2.45) is 11.7 Å². The summed E-state index contributed by atoms with van der Waals surface area (Å²) >= 11 is 0. The number of hydrogen-bond donors (Lipinski definition) is 1. The third-order valence-electron chi connectivity index (χ3n) is 4.40. The molecule has 2 aliphatic carbocycles. The van der Waals surface area contributed by atoms with Crippen LogP contribution in [-0.2, 0) is 0 Å². The largest absolute Gasteiger partial charge is 0.331 e. The minimum atomic E-state index is 0.345. The van der Waals surface area contributed by atoms with E-state index >= 15 is 0 Å². The van der Waals surface area contributed by atoms with Crippen LogP contribution in [0, 0.1) is 5.92 Å². The van der Waals surface area contributed by atoms with Gasteiger partial charge in [-0.2, -0.15) is 0 Å². The normalized spacial score (nSPS) is 21.3. The topological polar surface area (TPSA) is 47.1 Å². The lowest BCUT2D eigenvalue weighted by molar-refractivity contribution is 0.175. The summed E-state index contributed by atoms with van der Waals surface area (Å²) in [6.45, 7) is 6.35. The van der Waals surface area contributed by atoms with E-state index in [0.717, 1.165) is 12.0 Å². The zero-order valence-corrected chi connectivity index (χ0v) is 12.1. The lowest BCUT2D eigenvalue weighted by Gasteiger charge is -2.32. The highest BCUT2D eigenvalue weighted by Crippen LogP contribution is 2.39. The molecule has 0 saturated heterocycles. The molecule has 2 aliphatic rings. The van der Waals surface area contributed by atoms with Crippen molar-refractivity contribution in [2.75, 3.05) is 13.1 Å². The number of imidazole rings is 1. The van der Waals surface area contributed by atoms with Gasteiger partial charge in [0.1, 0.15) is 0 Å². The Hall–Kier alpha value is -0.870. The molecule has 106 valence electrons. The van der Waals surface area contributed by atoms with Crippen molar-refractivity contribution in [2.45, 2.75) is 57.7 Å². The van der Waals surface area contributed by atoms with Gasteiger partial charge in [0.2, 0.25) is 0 Å². The molecule has 1 aromatic heterocycles. The van der Waals surface area contributed by atoms with Gasteiger partial charge in [0, 0.05) is 31.4 Å². The third kappa shape index (κ3) is 2.84. The van der Waals surface area contributed by atoms with Gasteiger partial charge in [-0.25, -0.2) is 4.98 Å². The van der Waals surface area contributed by atoms with E-state index in [2.05, 4.69) is 28.3 Å². The Morgan fingerprint density at radius 1 is 1.37 bits per heavy atom. The van der Waals surface area contributed by atoms with E-state index in [0.29, 0.717) is 18.6 Å². The monoisotopic (exact) mass is 262 g/mol. The van der Waals surface area contributed by atoms with Crippen molar-refractivity contribution in [3.05, 3.63) is 18.2 Å². The average molecular weight is 262 g/mol. The van der Waals surface area contributed by atoms with Gasteiger partial charge >= 0.3 is 0 Å². The highest BCUT2D eigenvalue weighted by Gasteiger charge is 2.38. The molecule has 4 heteroatoms. The molecule has 3 rings (SSSR count). The van der Waals surface area contributed by atoms with Crippen LogP contribution in [-0.4, -0.2) is 33.6 Å². The summed E-state index contributed by atoms with van der Waals surface area (Å²) in [6.07, 6.45) is 9.47. The van der Waals surface area contributed by atoms with E-state index in [1.165, 1.54) is 37.9 Å². The number of hydrogen-bond acceptors (Lipinski definition) is 3. The van der Waals surface area contributed by atoms with Crippen molar-refractivity contribution in [1.29, 1.82) is 0 Å². The summed E-state index contributed by atoms with van der Waals surface area (Å²) < 4.78 is 2.28. The highest BCUT2D eigenvalue weighted by molar-refractivity contribution is 5.10. The van der Waals surface area contributed by atoms with Crippen molar-refractivity contribution in [3.63, 3.8) is 0 Å². The standard InChI is InChI=1S/C15H26N4/c1-11(2)19-10-17-8-15(19)14(7-16)18(13-5-6-13)9-12-3-4-12/h8,10-14H,3-7,9,16H2,1-2H3. The maximum Gasteiger partial charge on any atom is 0.0951 e. The van der Waals surface area contributed by atoms with Gasteiger partial charge < -0.3 is 10.3 Å². The van der Waals surface area contributed by atoms with Crippen molar-refractivity contribution < 1.29 is 0 Å². The van der Waals surface area contributed by atoms with Gasteiger partial charge in [-0.1, -0.05) is 0 Å². The number of nitrogens with zero attached hydrogens (tertiary/aromatic N) is 3. The molecule has 1 heterocycles. The van der Waals surface area contributed by atoms with Crippen LogP contribution in [0.2, 0.25) is 0 Å². The van der Waals surface area contributed by atoms with Gasteiger partial charge in [-0.3, -0.25) is 4.90 Å². The van der Waals surface area contributed by atoms with E-state index in [1.54, 1.807) is 0 Å². The molecule has 0 spiro atoms. The van der Waals surface area contributed by atoms with E-state index < -0.39 is 0 Å². The van der Waals surface area contributed by atoms with E-state index in [-0.39, 0.29) is 0 Å².